The number of benzene rings is 3. The van der Waals surface area contributed by atoms with Gasteiger partial charge in [-0.1, -0.05) is 60.7 Å². The lowest BCUT2D eigenvalue weighted by Crippen LogP contribution is -2.14. The van der Waals surface area contributed by atoms with Crippen molar-refractivity contribution >= 4 is 17.6 Å². The Hall–Kier alpha value is -4.19. The molecule has 0 spiro atoms. The molecule has 1 N–H and O–H groups in total. The van der Waals surface area contributed by atoms with Crippen LogP contribution in [0.2, 0.25) is 0 Å². The number of esters is 1. The lowest BCUT2D eigenvalue weighted by molar-refractivity contribution is -0.115. The molecule has 0 aliphatic carbocycles. The van der Waals surface area contributed by atoms with Crippen molar-refractivity contribution < 1.29 is 14.3 Å². The number of amides is 1. The maximum absolute atomic E-state index is 12.5. The summed E-state index contributed by atoms with van der Waals surface area (Å²) in [5.41, 5.74) is 5.27. The van der Waals surface area contributed by atoms with Gasteiger partial charge in [0, 0.05) is 11.3 Å². The Morgan fingerprint density at radius 3 is 2.45 bits per heavy atom. The molecular formula is C27H25N3O3. The lowest BCUT2D eigenvalue weighted by Gasteiger charge is -2.12. The van der Waals surface area contributed by atoms with Gasteiger partial charge in [-0.3, -0.25) is 4.79 Å². The minimum Gasteiger partial charge on any atom is -0.461 e. The van der Waals surface area contributed by atoms with Gasteiger partial charge in [0.25, 0.3) is 0 Å². The second kappa shape index (κ2) is 9.96. The van der Waals surface area contributed by atoms with E-state index < -0.39 is 5.97 Å². The highest BCUT2D eigenvalue weighted by molar-refractivity contribution is 5.93. The van der Waals surface area contributed by atoms with Gasteiger partial charge in [-0.05, 0) is 49.2 Å². The van der Waals surface area contributed by atoms with E-state index in [0.29, 0.717) is 12.1 Å². The first-order valence-corrected chi connectivity index (χ1v) is 10.8. The Morgan fingerprint density at radius 2 is 1.70 bits per heavy atom. The Morgan fingerprint density at radius 1 is 0.939 bits per heavy atom. The molecule has 166 valence electrons. The molecule has 1 amide bonds. The third kappa shape index (κ3) is 5.18. The molecule has 0 bridgehead atoms. The summed E-state index contributed by atoms with van der Waals surface area (Å²) in [6, 6.07) is 26.7. The van der Waals surface area contributed by atoms with Crippen molar-refractivity contribution in [3.63, 3.8) is 0 Å². The van der Waals surface area contributed by atoms with Crippen LogP contribution in [0.1, 0.15) is 28.5 Å². The maximum atomic E-state index is 12.5. The number of ether oxygens (including phenoxy) is 1. The summed E-state index contributed by atoms with van der Waals surface area (Å²) in [6.45, 7) is 4.03. The number of aromatic nitrogens is 2. The first-order chi connectivity index (χ1) is 16.0. The zero-order valence-corrected chi connectivity index (χ0v) is 18.6. The number of aryl methyl sites for hydroxylation is 1. The molecule has 0 aliphatic rings. The zero-order valence-electron chi connectivity index (χ0n) is 18.6. The summed E-state index contributed by atoms with van der Waals surface area (Å²) in [5, 5.41) is 7.50. The first kappa shape index (κ1) is 22.0. The van der Waals surface area contributed by atoms with Crippen molar-refractivity contribution in [2.24, 2.45) is 0 Å². The van der Waals surface area contributed by atoms with Gasteiger partial charge >= 0.3 is 5.97 Å². The second-order valence-corrected chi connectivity index (χ2v) is 7.62. The molecule has 6 heteroatoms. The van der Waals surface area contributed by atoms with E-state index in [0.717, 1.165) is 28.1 Å². The topological polar surface area (TPSA) is 73.2 Å². The fourth-order valence-electron chi connectivity index (χ4n) is 3.62. The number of carbonyl (C=O) groups excluding carboxylic acids is 2. The SMILES string of the molecule is CCOC(=O)c1cc(-c2cccc(NC(=O)Cc3ccccc3)c2)n(-c2ccccc2C)n1. The van der Waals surface area contributed by atoms with Crippen molar-refractivity contribution in [1.82, 2.24) is 9.78 Å². The summed E-state index contributed by atoms with van der Waals surface area (Å²) < 4.78 is 6.90. The van der Waals surface area contributed by atoms with Crippen LogP contribution in [-0.2, 0) is 16.0 Å². The van der Waals surface area contributed by atoms with Gasteiger partial charge < -0.3 is 10.1 Å². The molecule has 6 nitrogen and oxygen atoms in total. The zero-order chi connectivity index (χ0) is 23.2. The molecule has 0 unspecified atom stereocenters. The predicted molar refractivity (Wildman–Crippen MR) is 128 cm³/mol. The van der Waals surface area contributed by atoms with Gasteiger partial charge in [-0.2, -0.15) is 5.10 Å². The van der Waals surface area contributed by atoms with Crippen LogP contribution in [0.3, 0.4) is 0 Å². The number of nitrogens with zero attached hydrogens (tertiary/aromatic N) is 2. The van der Waals surface area contributed by atoms with Crippen molar-refractivity contribution in [3.8, 4) is 16.9 Å². The molecule has 0 aliphatic heterocycles. The van der Waals surface area contributed by atoms with Gasteiger partial charge in [0.15, 0.2) is 5.69 Å². The van der Waals surface area contributed by atoms with Crippen LogP contribution in [0.25, 0.3) is 16.9 Å². The molecule has 0 saturated carbocycles. The molecule has 0 saturated heterocycles. The van der Waals surface area contributed by atoms with Crippen LogP contribution in [0, 0.1) is 6.92 Å². The van der Waals surface area contributed by atoms with E-state index in [4.69, 9.17) is 4.74 Å². The van der Waals surface area contributed by atoms with Crippen LogP contribution in [0.5, 0.6) is 0 Å². The maximum Gasteiger partial charge on any atom is 0.358 e. The molecule has 3 aromatic carbocycles. The van der Waals surface area contributed by atoms with E-state index in [2.05, 4.69) is 10.4 Å². The van der Waals surface area contributed by atoms with Crippen molar-refractivity contribution in [2.45, 2.75) is 20.3 Å². The van der Waals surface area contributed by atoms with Crippen molar-refractivity contribution in [2.75, 3.05) is 11.9 Å². The van der Waals surface area contributed by atoms with Crippen LogP contribution in [0.4, 0.5) is 5.69 Å². The van der Waals surface area contributed by atoms with Crippen molar-refractivity contribution in [3.05, 3.63) is 102 Å². The molecule has 1 heterocycles. The quantitative estimate of drug-likeness (QED) is 0.402. The van der Waals surface area contributed by atoms with E-state index in [1.165, 1.54) is 0 Å². The average molecular weight is 440 g/mol. The van der Waals surface area contributed by atoms with Crippen LogP contribution in [0.15, 0.2) is 84.9 Å². The standard InChI is InChI=1S/C27H25N3O3/c1-3-33-27(32)23-18-25(30(29-23)24-15-8-7-10-19(24)2)21-13-9-14-22(17-21)28-26(31)16-20-11-5-4-6-12-20/h4-15,17-18H,3,16H2,1-2H3,(H,28,31). The molecule has 0 fully saturated rings. The van der Waals surface area contributed by atoms with Crippen LogP contribution < -0.4 is 5.32 Å². The minimum atomic E-state index is -0.474. The molecule has 4 rings (SSSR count). The van der Waals surface area contributed by atoms with Gasteiger partial charge in [-0.25, -0.2) is 9.48 Å². The number of nitrogens with one attached hydrogen (secondary N) is 1. The first-order valence-electron chi connectivity index (χ1n) is 10.8. The van der Waals surface area contributed by atoms with E-state index in [-0.39, 0.29) is 18.2 Å². The van der Waals surface area contributed by atoms with Crippen LogP contribution in [-0.4, -0.2) is 28.3 Å². The monoisotopic (exact) mass is 439 g/mol. The third-order valence-electron chi connectivity index (χ3n) is 5.19. The Kier molecular flexibility index (Phi) is 6.64. The van der Waals surface area contributed by atoms with E-state index in [1.807, 2.05) is 85.8 Å². The second-order valence-electron chi connectivity index (χ2n) is 7.62. The highest BCUT2D eigenvalue weighted by Gasteiger charge is 2.19. The largest absolute Gasteiger partial charge is 0.461 e. The van der Waals surface area contributed by atoms with E-state index >= 15 is 0 Å². The average Bonchev–Trinajstić information content (AvgIpc) is 3.26. The Bertz CT molecular complexity index is 1280. The smallest absolute Gasteiger partial charge is 0.358 e. The fourth-order valence-corrected chi connectivity index (χ4v) is 3.62. The molecule has 0 radical (unpaired) electrons. The van der Waals surface area contributed by atoms with Gasteiger partial charge in [0.05, 0.1) is 24.4 Å². The summed E-state index contributed by atoms with van der Waals surface area (Å²) in [5.74, 6) is -0.573. The fraction of sp³-hybridized carbons (Fsp3) is 0.148. The number of hydrogen-bond donors (Lipinski definition) is 1. The minimum absolute atomic E-state index is 0.0991. The number of anilines is 1. The lowest BCUT2D eigenvalue weighted by atomic mass is 10.1. The van der Waals surface area contributed by atoms with Gasteiger partial charge in [0.1, 0.15) is 0 Å². The number of carbonyl (C=O) groups is 2. The number of hydrogen-bond acceptors (Lipinski definition) is 4. The normalized spacial score (nSPS) is 10.6. The number of rotatable bonds is 7. The molecule has 33 heavy (non-hydrogen) atoms. The molecule has 0 atom stereocenters. The number of para-hydroxylation sites is 1. The van der Waals surface area contributed by atoms with Crippen LogP contribution >= 0.6 is 0 Å². The predicted octanol–water partition coefficient (Wildman–Crippen LogP) is 5.21. The highest BCUT2D eigenvalue weighted by atomic mass is 16.5. The summed E-state index contributed by atoms with van der Waals surface area (Å²) in [6.07, 6.45) is 0.291. The molecule has 1 aromatic heterocycles. The summed E-state index contributed by atoms with van der Waals surface area (Å²) in [7, 11) is 0. The third-order valence-corrected chi connectivity index (χ3v) is 5.19. The molecule has 4 aromatic rings. The summed E-state index contributed by atoms with van der Waals surface area (Å²) >= 11 is 0. The Balaban J connectivity index is 1.67. The van der Waals surface area contributed by atoms with Gasteiger partial charge in [-0.15, -0.1) is 0 Å². The summed E-state index contributed by atoms with van der Waals surface area (Å²) in [4.78, 5) is 24.9. The van der Waals surface area contributed by atoms with E-state index in [9.17, 15) is 9.59 Å². The van der Waals surface area contributed by atoms with E-state index in [1.54, 1.807) is 17.7 Å². The highest BCUT2D eigenvalue weighted by Crippen LogP contribution is 2.28. The molecular weight excluding hydrogens is 414 g/mol. The van der Waals surface area contributed by atoms with Gasteiger partial charge in [0.2, 0.25) is 5.91 Å². The Labute approximate surface area is 192 Å². The van der Waals surface area contributed by atoms with Crippen molar-refractivity contribution in [1.29, 1.82) is 0 Å².